The third kappa shape index (κ3) is 13.5. The Morgan fingerprint density at radius 3 is 2.13 bits per heavy atom. The van der Waals surface area contributed by atoms with Gasteiger partial charge >= 0.3 is 12.0 Å². The lowest BCUT2D eigenvalue weighted by Crippen LogP contribution is -2.28. The van der Waals surface area contributed by atoms with Gasteiger partial charge in [0.25, 0.3) is 0 Å². The minimum atomic E-state index is -1.45. The summed E-state index contributed by atoms with van der Waals surface area (Å²) in [5.74, 6) is -1.34. The van der Waals surface area contributed by atoms with E-state index in [1.165, 1.54) is 0 Å². The van der Waals surface area contributed by atoms with E-state index in [2.05, 4.69) is 43.4 Å². The Bertz CT molecular complexity index is 399. The number of allylic oxidation sites excluding steroid dienone is 6. The van der Waals surface area contributed by atoms with Crippen molar-refractivity contribution in [2.75, 3.05) is 0 Å². The monoisotopic (exact) mass is 323 g/mol. The van der Waals surface area contributed by atoms with Crippen molar-refractivity contribution < 1.29 is 14.8 Å². The Morgan fingerprint density at radius 1 is 1.00 bits per heavy atom. The van der Waals surface area contributed by atoms with Crippen molar-refractivity contribution >= 4 is 5.97 Å². The van der Waals surface area contributed by atoms with Crippen LogP contribution in [0.25, 0.3) is 0 Å². The minimum Gasteiger partial charge on any atom is -0.476 e. The summed E-state index contributed by atoms with van der Waals surface area (Å²) in [5.41, 5.74) is 0. The third-order valence-corrected chi connectivity index (χ3v) is 3.42. The van der Waals surface area contributed by atoms with Crippen LogP contribution in [0.4, 0.5) is 0 Å². The van der Waals surface area contributed by atoms with Crippen LogP contribution in [0.1, 0.15) is 64.7 Å². The van der Waals surface area contributed by atoms with Gasteiger partial charge in [-0.25, -0.2) is 4.79 Å². The minimum absolute atomic E-state index is 0.120. The zero-order valence-corrected chi connectivity index (χ0v) is 14.0. The van der Waals surface area contributed by atoms with Crippen LogP contribution in [0.5, 0.6) is 0 Å². The second kappa shape index (κ2) is 15.0. The highest BCUT2D eigenvalue weighted by Crippen LogP contribution is 2.10. The number of unbranched alkanes of at least 4 members (excludes halogenated alkanes) is 4. The van der Waals surface area contributed by atoms with Crippen LogP contribution < -0.4 is 0 Å². The van der Waals surface area contributed by atoms with E-state index in [0.29, 0.717) is 6.42 Å². The molecule has 0 fully saturated rings. The molecule has 0 amide bonds. The zero-order chi connectivity index (χ0) is 17.3. The molecular formula is C18H29NO4. The van der Waals surface area contributed by atoms with Crippen molar-refractivity contribution in [1.29, 1.82) is 0 Å². The lowest BCUT2D eigenvalue weighted by Gasteiger charge is -2.04. The predicted octanol–water partition coefficient (Wildman–Crippen LogP) is 4.92. The fourth-order valence-electron chi connectivity index (χ4n) is 2.10. The van der Waals surface area contributed by atoms with Crippen molar-refractivity contribution in [3.63, 3.8) is 0 Å². The number of hydrogen-bond acceptors (Lipinski definition) is 3. The van der Waals surface area contributed by atoms with Crippen LogP contribution in [-0.2, 0) is 4.79 Å². The Labute approximate surface area is 138 Å². The first-order chi connectivity index (χ1) is 11.1. The molecule has 1 unspecified atom stereocenters. The SMILES string of the molecule is CC/C=C/C/C=C/C/C=C/CCCCCCC(C(=O)O)[N+](=O)[O-]. The molecule has 0 bridgehead atoms. The molecular weight excluding hydrogens is 294 g/mol. The van der Waals surface area contributed by atoms with E-state index in [0.717, 1.165) is 44.9 Å². The second-order valence-corrected chi connectivity index (χ2v) is 5.42. The molecule has 0 aromatic carbocycles. The highest BCUT2D eigenvalue weighted by atomic mass is 16.6. The number of carboxylic acid groups (broad SMARTS) is 1. The maximum atomic E-state index is 10.6. The molecule has 5 heteroatoms. The number of carbonyl (C=O) groups is 1. The first-order valence-corrected chi connectivity index (χ1v) is 8.40. The Hall–Kier alpha value is -1.91. The molecule has 0 aliphatic carbocycles. The number of carboxylic acids is 1. The Kier molecular flexibility index (Phi) is 13.8. The molecule has 0 rings (SSSR count). The molecule has 23 heavy (non-hydrogen) atoms. The van der Waals surface area contributed by atoms with Gasteiger partial charge in [-0.3, -0.25) is 10.1 Å². The third-order valence-electron chi connectivity index (χ3n) is 3.42. The molecule has 0 heterocycles. The number of aliphatic carboxylic acids is 1. The predicted molar refractivity (Wildman–Crippen MR) is 93.1 cm³/mol. The molecule has 1 atom stereocenters. The van der Waals surface area contributed by atoms with Gasteiger partial charge in [0.15, 0.2) is 0 Å². The normalized spacial score (nSPS) is 13.3. The zero-order valence-electron chi connectivity index (χ0n) is 14.0. The van der Waals surface area contributed by atoms with Crippen LogP contribution in [0.3, 0.4) is 0 Å². The molecule has 5 nitrogen and oxygen atoms in total. The summed E-state index contributed by atoms with van der Waals surface area (Å²) >= 11 is 0. The topological polar surface area (TPSA) is 80.4 Å². The molecule has 0 spiro atoms. The van der Waals surface area contributed by atoms with Gasteiger partial charge in [0.05, 0.1) is 0 Å². The van der Waals surface area contributed by atoms with Crippen molar-refractivity contribution in [2.45, 2.75) is 70.8 Å². The second-order valence-electron chi connectivity index (χ2n) is 5.42. The van der Waals surface area contributed by atoms with Gasteiger partial charge < -0.3 is 5.11 Å². The van der Waals surface area contributed by atoms with Crippen molar-refractivity contribution in [2.24, 2.45) is 0 Å². The van der Waals surface area contributed by atoms with Crippen LogP contribution in [-0.4, -0.2) is 22.0 Å². The highest BCUT2D eigenvalue weighted by Gasteiger charge is 2.27. The van der Waals surface area contributed by atoms with E-state index >= 15 is 0 Å². The van der Waals surface area contributed by atoms with Gasteiger partial charge in [-0.15, -0.1) is 0 Å². The molecule has 0 radical (unpaired) electrons. The van der Waals surface area contributed by atoms with E-state index in [1.807, 2.05) is 0 Å². The summed E-state index contributed by atoms with van der Waals surface area (Å²) in [7, 11) is 0. The van der Waals surface area contributed by atoms with E-state index in [1.54, 1.807) is 0 Å². The van der Waals surface area contributed by atoms with Crippen molar-refractivity contribution in [1.82, 2.24) is 0 Å². The highest BCUT2D eigenvalue weighted by molar-refractivity contribution is 5.71. The van der Waals surface area contributed by atoms with Crippen LogP contribution in [0.15, 0.2) is 36.5 Å². The van der Waals surface area contributed by atoms with Crippen molar-refractivity contribution in [3.8, 4) is 0 Å². The summed E-state index contributed by atoms with van der Waals surface area (Å²) in [6.07, 6.45) is 20.5. The number of hydrogen-bond donors (Lipinski definition) is 1. The average molecular weight is 323 g/mol. The van der Waals surface area contributed by atoms with E-state index in [4.69, 9.17) is 5.11 Å². The first-order valence-electron chi connectivity index (χ1n) is 8.40. The fraction of sp³-hybridized carbons (Fsp3) is 0.611. The Balaban J connectivity index is 3.52. The molecule has 130 valence electrons. The van der Waals surface area contributed by atoms with E-state index in [-0.39, 0.29) is 6.42 Å². The molecule has 0 aromatic rings. The largest absolute Gasteiger partial charge is 0.476 e. The quantitative estimate of drug-likeness (QED) is 0.213. The van der Waals surface area contributed by atoms with Gasteiger partial charge in [0.1, 0.15) is 0 Å². The van der Waals surface area contributed by atoms with E-state index < -0.39 is 16.9 Å². The van der Waals surface area contributed by atoms with Gasteiger partial charge in [0.2, 0.25) is 0 Å². The molecule has 0 saturated heterocycles. The number of nitrogens with zero attached hydrogens (tertiary/aromatic N) is 1. The molecule has 0 saturated carbocycles. The van der Waals surface area contributed by atoms with E-state index in [9.17, 15) is 14.9 Å². The average Bonchev–Trinajstić information content (AvgIpc) is 2.50. The van der Waals surface area contributed by atoms with Crippen LogP contribution in [0, 0.1) is 10.1 Å². The van der Waals surface area contributed by atoms with Crippen LogP contribution in [0.2, 0.25) is 0 Å². The standard InChI is InChI=1S/C18H29NO4/c1-2-3-4-5-6-7-8-9-10-11-12-13-14-15-16-17(18(20)21)19(22)23/h3-4,6-7,9-10,17H,2,5,8,11-16H2,1H3,(H,20,21)/b4-3+,7-6+,10-9+. The number of rotatable bonds is 14. The smallest absolute Gasteiger partial charge is 0.379 e. The maximum absolute atomic E-state index is 10.6. The summed E-state index contributed by atoms with van der Waals surface area (Å²) < 4.78 is 0. The van der Waals surface area contributed by atoms with Gasteiger partial charge in [-0.05, 0) is 38.5 Å². The summed E-state index contributed by atoms with van der Waals surface area (Å²) in [6.45, 7) is 2.12. The molecule has 0 aliphatic heterocycles. The Morgan fingerprint density at radius 2 is 1.57 bits per heavy atom. The molecule has 0 aliphatic rings. The first kappa shape index (κ1) is 21.1. The number of nitro groups is 1. The lowest BCUT2D eigenvalue weighted by atomic mass is 10.1. The maximum Gasteiger partial charge on any atom is 0.379 e. The van der Waals surface area contributed by atoms with Gasteiger partial charge in [-0.1, -0.05) is 56.2 Å². The molecule has 0 aromatic heterocycles. The van der Waals surface area contributed by atoms with Crippen LogP contribution >= 0.6 is 0 Å². The van der Waals surface area contributed by atoms with Crippen molar-refractivity contribution in [3.05, 3.63) is 46.6 Å². The summed E-state index contributed by atoms with van der Waals surface area (Å²) in [4.78, 5) is 20.4. The summed E-state index contributed by atoms with van der Waals surface area (Å²) in [6, 6.07) is -1.45. The van der Waals surface area contributed by atoms with Gasteiger partial charge in [-0.2, -0.15) is 0 Å². The fourth-order valence-corrected chi connectivity index (χ4v) is 2.10. The summed E-state index contributed by atoms with van der Waals surface area (Å²) in [5, 5.41) is 19.2. The van der Waals surface area contributed by atoms with Gasteiger partial charge in [0, 0.05) is 11.3 Å². The lowest BCUT2D eigenvalue weighted by molar-refractivity contribution is -0.511. The molecule has 1 N–H and O–H groups in total.